The number of rotatable bonds is 16. The Morgan fingerprint density at radius 3 is 1.94 bits per heavy atom. The Morgan fingerprint density at radius 1 is 0.768 bits per heavy atom. The maximum absolute atomic E-state index is 14.2. The smallest absolute Gasteiger partial charge is 0.335 e. The summed E-state index contributed by atoms with van der Waals surface area (Å²) in [5, 5.41) is 103. The molecule has 82 heavy (non-hydrogen) atoms. The molecule has 4 rings (SSSR count). The summed E-state index contributed by atoms with van der Waals surface area (Å²) in [6.07, 6.45) is -8.39. The Kier molecular flexibility index (Phi) is 23.4. The molecule has 36 nitrogen and oxygen atoms in total. The van der Waals surface area contributed by atoms with Gasteiger partial charge in [0.1, 0.15) is 66.9 Å². The zero-order valence-electron chi connectivity index (χ0n) is 43.8. The van der Waals surface area contributed by atoms with Crippen LogP contribution in [0.3, 0.4) is 0 Å². The molecule has 1 aliphatic carbocycles. The van der Waals surface area contributed by atoms with E-state index in [4.69, 9.17) is 10.5 Å². The van der Waals surface area contributed by atoms with Gasteiger partial charge in [0.05, 0.1) is 43.7 Å². The van der Waals surface area contributed by atoms with Crippen LogP contribution >= 0.6 is 0 Å². The molecule has 20 N–H and O–H groups in total. The number of carbonyl (C=O) groups excluding carboxylic acids is 12. The molecule has 11 unspecified atom stereocenters. The predicted octanol–water partition coefficient (Wildman–Crippen LogP) is -9.89. The maximum Gasteiger partial charge on any atom is 0.335 e. The molecule has 1 saturated heterocycles. The first-order chi connectivity index (χ1) is 38.5. The molecule has 0 aromatic heterocycles. The third-order valence-electron chi connectivity index (χ3n) is 12.4. The zero-order valence-corrected chi connectivity index (χ0v) is 43.8. The van der Waals surface area contributed by atoms with Crippen LogP contribution in [0.25, 0.3) is 11.3 Å². The minimum atomic E-state index is -2.89. The van der Waals surface area contributed by atoms with Crippen LogP contribution in [0.1, 0.15) is 52.5 Å². The number of primary amides is 1. The summed E-state index contributed by atoms with van der Waals surface area (Å²) in [5.41, 5.74) is 4.00. The van der Waals surface area contributed by atoms with Gasteiger partial charge in [-0.3, -0.25) is 62.7 Å². The van der Waals surface area contributed by atoms with Gasteiger partial charge in [-0.1, -0.05) is 0 Å². The number of benzene rings is 1. The van der Waals surface area contributed by atoms with Crippen LogP contribution < -0.4 is 64.3 Å². The van der Waals surface area contributed by atoms with Crippen molar-refractivity contribution in [3.05, 3.63) is 28.4 Å². The predicted molar refractivity (Wildman–Crippen MR) is 271 cm³/mol. The Morgan fingerprint density at radius 2 is 1.34 bits per heavy atom. The number of phenolic OH excluding ortho intramolecular Hbond substituents is 1. The second-order valence-corrected chi connectivity index (χ2v) is 18.6. The van der Waals surface area contributed by atoms with Crippen LogP contribution in [0.5, 0.6) is 5.75 Å². The second-order valence-electron chi connectivity index (χ2n) is 18.6. The summed E-state index contributed by atoms with van der Waals surface area (Å²) >= 11 is 0. The number of carbonyl (C=O) groups is 13. The Hall–Kier alpha value is -9.10. The number of pyridine rings is 1. The molecule has 0 saturated carbocycles. The molecule has 36 heteroatoms. The quantitative estimate of drug-likeness (QED) is 0.0422. The van der Waals surface area contributed by atoms with Crippen LogP contribution in [0.15, 0.2) is 23.0 Å². The van der Waals surface area contributed by atoms with Crippen molar-refractivity contribution >= 4 is 88.4 Å². The number of nitrogens with two attached hydrogens (primary N) is 1. The number of aliphatic carboxylic acids is 1. The van der Waals surface area contributed by atoms with E-state index in [0.717, 1.165) is 37.5 Å². The van der Waals surface area contributed by atoms with Crippen LogP contribution in [-0.4, -0.2) is 228 Å². The number of nitrogens with zero attached hydrogens (tertiary/aromatic N) is 2. The van der Waals surface area contributed by atoms with E-state index in [1.165, 1.54) is 6.07 Å². The van der Waals surface area contributed by atoms with Crippen molar-refractivity contribution in [2.75, 3.05) is 50.1 Å². The van der Waals surface area contributed by atoms with Crippen LogP contribution in [0.4, 0.5) is 11.5 Å². The molecule has 11 atom stereocenters. The Bertz CT molecular complexity index is 2830. The number of fused-ring (bicyclic) bond motifs is 3. The first kappa shape index (κ1) is 65.4. The number of carboxylic acids is 1. The molecule has 450 valence electrons. The molecule has 0 spiro atoms. The highest BCUT2D eigenvalue weighted by atomic mass is 16.5. The number of anilines is 2. The van der Waals surface area contributed by atoms with Gasteiger partial charge in [-0.2, -0.15) is 0 Å². The summed E-state index contributed by atoms with van der Waals surface area (Å²) in [6.45, 7) is -2.29. The van der Waals surface area contributed by atoms with Crippen molar-refractivity contribution < 1.29 is 108 Å². The number of aromatic hydroxyl groups is 1. The minimum absolute atomic E-state index is 0.0305. The number of amides is 11. The lowest BCUT2D eigenvalue weighted by atomic mass is 10.0. The molecular weight excluding hydrogens is 1100 g/mol. The molecule has 0 aromatic rings. The lowest BCUT2D eigenvalue weighted by molar-refractivity contribution is -0.163. The van der Waals surface area contributed by atoms with E-state index in [9.17, 15) is 108 Å². The van der Waals surface area contributed by atoms with E-state index >= 15 is 0 Å². The number of esters is 1. The number of aliphatic hydroxyl groups excluding tert-OH is 5. The number of hydroxylamine groups is 2. The molecule has 1 fully saturated rings. The number of hydrogen-bond donors (Lipinski definition) is 19. The lowest BCUT2D eigenvalue weighted by Crippen LogP contribution is -2.65. The first-order valence-corrected chi connectivity index (χ1v) is 24.8. The van der Waals surface area contributed by atoms with Crippen molar-refractivity contribution in [3.8, 4) is 17.0 Å². The van der Waals surface area contributed by atoms with Crippen LogP contribution in [-0.2, 0) is 67.1 Å². The Balaban J connectivity index is 1.74. The summed E-state index contributed by atoms with van der Waals surface area (Å²) < 4.78 is 6.68. The van der Waals surface area contributed by atoms with Gasteiger partial charge in [0, 0.05) is 31.6 Å². The fourth-order valence-electron chi connectivity index (χ4n) is 7.92. The van der Waals surface area contributed by atoms with E-state index in [0.29, 0.717) is 0 Å². The highest BCUT2D eigenvalue weighted by Crippen LogP contribution is 2.40. The number of aromatic nitrogens is 1. The van der Waals surface area contributed by atoms with Crippen LogP contribution in [0, 0.1) is 0 Å². The number of aliphatic hydroxyl groups is 5. The third kappa shape index (κ3) is 17.4. The molecule has 3 aliphatic heterocycles. The lowest BCUT2D eigenvalue weighted by Gasteiger charge is -2.33. The molecular formula is C46H63N13O23. The monoisotopic (exact) mass is 1170 g/mol. The maximum atomic E-state index is 14.2. The molecule has 0 aromatic carbocycles. The fourth-order valence-corrected chi connectivity index (χ4v) is 7.92. The SMILES string of the molecule is CC(=O)N(O)CCCC1NC(=O)C(CO)NC(=O)C(C(C)O)NC(=O)C(C(O)C(=O)O)NC(=O)C(CO)NC(=O)C(COC(=O)C2CCNc3c(NC(=O)CC(O)C(N)=O)cc4cc(O)c(=O)cc-4n32)NC(=O)CNC(=O)C(C)NC1=O. The van der Waals surface area contributed by atoms with Gasteiger partial charge < -0.3 is 104 Å². The van der Waals surface area contributed by atoms with Gasteiger partial charge in [0.15, 0.2) is 11.9 Å². The number of phenols is 1. The van der Waals surface area contributed by atoms with Gasteiger partial charge in [-0.15, -0.1) is 0 Å². The highest BCUT2D eigenvalue weighted by Gasteiger charge is 2.41. The van der Waals surface area contributed by atoms with Crippen molar-refractivity contribution in [3.63, 3.8) is 0 Å². The highest BCUT2D eigenvalue weighted by molar-refractivity contribution is 6.01. The second kappa shape index (κ2) is 29.4. The van der Waals surface area contributed by atoms with Crippen LogP contribution in [0.2, 0.25) is 0 Å². The molecule has 3 heterocycles. The number of ether oxygens (including phenoxy) is 1. The molecule has 11 amide bonds. The van der Waals surface area contributed by atoms with Crippen molar-refractivity contribution in [1.29, 1.82) is 0 Å². The van der Waals surface area contributed by atoms with E-state index in [2.05, 4.69) is 31.9 Å². The van der Waals surface area contributed by atoms with Gasteiger partial charge in [0.2, 0.25) is 70.4 Å². The number of carboxylic acid groups (broad SMARTS) is 1. The summed E-state index contributed by atoms with van der Waals surface area (Å²) in [7, 11) is 0. The molecule has 0 bridgehead atoms. The normalized spacial score (nSPS) is 23.8. The standard InChI is InChI=1S/C46H63N13O23/c1-17-38(71)49-13-32(68)52-25(16-82-46(80)26-6-7-48-37-22(51-31(67)12-30(66)36(47)70)9-20-10-28(64)29(65)11-27(20)59(26)37)42(75)54-24(15-61)41(74)57-34(35(69)45(78)79)44(77)56-33(18(2)62)43(76)55-23(14-60)40(73)53-21(39(72)50-17)5-4-8-58(81)19(3)63/h9-11,17-18,21,23-26,30,33-35,48,60-62,64,66,69,81H,4-8,12-16H2,1-3H3,(H2,47,70)(H,49,71)(H,50,72)(H,51,67)(H,52,68)(H,53,73)(H,54,75)(H,55,76)(H,56,77)(H,57,74)(H,78,79). The number of nitrogens with one attached hydrogen (secondary N) is 10. The Labute approximate surface area is 462 Å². The average molecular weight is 1170 g/mol. The third-order valence-corrected chi connectivity index (χ3v) is 12.4. The summed E-state index contributed by atoms with van der Waals surface area (Å²) in [5.74, 6) is -18.4. The fraction of sp³-hybridized carbons (Fsp3) is 0.522. The molecule has 4 aliphatic rings. The van der Waals surface area contributed by atoms with E-state index < -0.39 is 200 Å². The van der Waals surface area contributed by atoms with E-state index in [1.807, 2.05) is 16.0 Å². The number of hydrogen-bond acceptors (Lipinski definition) is 23. The topological polar surface area (TPSA) is 565 Å². The van der Waals surface area contributed by atoms with E-state index in [1.54, 1.807) is 5.32 Å². The van der Waals surface area contributed by atoms with Gasteiger partial charge in [-0.25, -0.2) is 14.7 Å². The van der Waals surface area contributed by atoms with E-state index in [-0.39, 0.29) is 47.2 Å². The largest absolute Gasteiger partial charge is 0.504 e. The minimum Gasteiger partial charge on any atom is -0.504 e. The van der Waals surface area contributed by atoms with Gasteiger partial charge in [0.25, 0.3) is 0 Å². The average Bonchev–Trinajstić information content (AvgIpc) is 3.39. The summed E-state index contributed by atoms with van der Waals surface area (Å²) in [6, 6.07) is -12.8. The van der Waals surface area contributed by atoms with Crippen molar-refractivity contribution in [2.24, 2.45) is 5.73 Å². The van der Waals surface area contributed by atoms with Crippen molar-refractivity contribution in [2.45, 2.75) is 113 Å². The zero-order chi connectivity index (χ0) is 61.4. The van der Waals surface area contributed by atoms with Crippen molar-refractivity contribution in [1.82, 2.24) is 52.2 Å². The van der Waals surface area contributed by atoms with Gasteiger partial charge in [-0.05, 0) is 45.2 Å². The summed E-state index contributed by atoms with van der Waals surface area (Å²) in [4.78, 5) is 184. The first-order valence-electron chi connectivity index (χ1n) is 24.8. The van der Waals surface area contributed by atoms with Gasteiger partial charge >= 0.3 is 11.9 Å². The molecule has 0 radical (unpaired) electrons.